The van der Waals surface area contributed by atoms with Crippen molar-refractivity contribution in [3.8, 4) is 0 Å². The number of amides is 1. The molecule has 0 radical (unpaired) electrons. The summed E-state index contributed by atoms with van der Waals surface area (Å²) < 4.78 is 0. The molecule has 0 saturated carbocycles. The quantitative estimate of drug-likeness (QED) is 0.826. The van der Waals surface area contributed by atoms with E-state index in [9.17, 15) is 4.79 Å². The Morgan fingerprint density at radius 1 is 1.50 bits per heavy atom. The molecule has 0 aliphatic carbocycles. The summed E-state index contributed by atoms with van der Waals surface area (Å²) in [6, 6.07) is 3.63. The van der Waals surface area contributed by atoms with Gasteiger partial charge in [0.2, 0.25) is 5.91 Å². The standard InChI is InChI=1S/C12H15N3O/c1-8(2)11-12(16)15-10(14-11)6-9-4-3-5-13-7-9/h3-5,7-8,11H,6H2,1-2H3,(H,14,15,16). The van der Waals surface area contributed by atoms with Gasteiger partial charge in [-0.3, -0.25) is 14.8 Å². The third-order valence-corrected chi connectivity index (χ3v) is 2.56. The van der Waals surface area contributed by atoms with Crippen molar-refractivity contribution in [3.63, 3.8) is 0 Å². The lowest BCUT2D eigenvalue weighted by Crippen LogP contribution is -2.31. The Morgan fingerprint density at radius 2 is 2.31 bits per heavy atom. The summed E-state index contributed by atoms with van der Waals surface area (Å²) in [5, 5.41) is 2.82. The monoisotopic (exact) mass is 217 g/mol. The number of nitrogens with one attached hydrogen (secondary N) is 1. The van der Waals surface area contributed by atoms with Crippen LogP contribution in [0.3, 0.4) is 0 Å². The molecule has 0 saturated heterocycles. The molecule has 0 spiro atoms. The van der Waals surface area contributed by atoms with Crippen molar-refractivity contribution in [2.75, 3.05) is 0 Å². The van der Waals surface area contributed by atoms with E-state index in [1.54, 1.807) is 12.4 Å². The van der Waals surface area contributed by atoms with Crippen LogP contribution < -0.4 is 5.32 Å². The maximum Gasteiger partial charge on any atom is 0.250 e. The predicted molar refractivity (Wildman–Crippen MR) is 62.1 cm³/mol. The smallest absolute Gasteiger partial charge is 0.250 e. The van der Waals surface area contributed by atoms with E-state index in [0.717, 1.165) is 11.4 Å². The topological polar surface area (TPSA) is 54.4 Å². The van der Waals surface area contributed by atoms with Crippen molar-refractivity contribution >= 4 is 11.7 Å². The van der Waals surface area contributed by atoms with E-state index in [1.807, 2.05) is 26.0 Å². The molecule has 16 heavy (non-hydrogen) atoms. The second kappa shape index (κ2) is 4.43. The van der Waals surface area contributed by atoms with Crippen molar-refractivity contribution in [1.82, 2.24) is 10.3 Å². The van der Waals surface area contributed by atoms with Crippen molar-refractivity contribution in [2.24, 2.45) is 10.9 Å². The number of amidine groups is 1. The van der Waals surface area contributed by atoms with Gasteiger partial charge >= 0.3 is 0 Å². The number of hydrogen-bond donors (Lipinski definition) is 1. The van der Waals surface area contributed by atoms with E-state index in [4.69, 9.17) is 0 Å². The minimum absolute atomic E-state index is 0.00823. The first-order valence-corrected chi connectivity index (χ1v) is 5.43. The molecule has 1 amide bonds. The summed E-state index contributed by atoms with van der Waals surface area (Å²) in [4.78, 5) is 20.0. The van der Waals surface area contributed by atoms with Crippen molar-refractivity contribution < 1.29 is 4.79 Å². The fourth-order valence-corrected chi connectivity index (χ4v) is 1.71. The number of carbonyl (C=O) groups excluding carboxylic acids is 1. The SMILES string of the molecule is CC(C)C1N=C(Cc2cccnc2)NC1=O. The lowest BCUT2D eigenvalue weighted by molar-refractivity contribution is -0.120. The molecule has 0 fully saturated rings. The van der Waals surface area contributed by atoms with Gasteiger partial charge in [0, 0.05) is 18.8 Å². The normalized spacial score (nSPS) is 19.8. The first-order valence-electron chi connectivity index (χ1n) is 5.43. The van der Waals surface area contributed by atoms with Gasteiger partial charge in [-0.2, -0.15) is 0 Å². The molecule has 1 N–H and O–H groups in total. The first kappa shape index (κ1) is 10.8. The highest BCUT2D eigenvalue weighted by Gasteiger charge is 2.28. The molecule has 4 heteroatoms. The highest BCUT2D eigenvalue weighted by molar-refractivity contribution is 6.06. The van der Waals surface area contributed by atoms with Gasteiger partial charge < -0.3 is 5.32 Å². The van der Waals surface area contributed by atoms with Crippen molar-refractivity contribution in [3.05, 3.63) is 30.1 Å². The third kappa shape index (κ3) is 2.27. The Kier molecular flexibility index (Phi) is 2.99. The fraction of sp³-hybridized carbons (Fsp3) is 0.417. The lowest BCUT2D eigenvalue weighted by atomic mass is 10.1. The molecule has 4 nitrogen and oxygen atoms in total. The van der Waals surface area contributed by atoms with Crippen LogP contribution in [0.25, 0.3) is 0 Å². The van der Waals surface area contributed by atoms with Crippen molar-refractivity contribution in [2.45, 2.75) is 26.3 Å². The van der Waals surface area contributed by atoms with Gasteiger partial charge in [-0.05, 0) is 17.5 Å². The van der Waals surface area contributed by atoms with Crippen LogP contribution in [-0.2, 0) is 11.2 Å². The Bertz CT molecular complexity index is 412. The molecule has 1 aromatic rings. The van der Waals surface area contributed by atoms with Crippen LogP contribution in [-0.4, -0.2) is 22.8 Å². The summed E-state index contributed by atoms with van der Waals surface area (Å²) in [6.07, 6.45) is 4.16. The minimum Gasteiger partial charge on any atom is -0.312 e. The van der Waals surface area contributed by atoms with Gasteiger partial charge in [-0.25, -0.2) is 0 Å². The van der Waals surface area contributed by atoms with Crippen LogP contribution in [0, 0.1) is 5.92 Å². The number of nitrogens with zero attached hydrogens (tertiary/aromatic N) is 2. The lowest BCUT2D eigenvalue weighted by Gasteiger charge is -2.06. The van der Waals surface area contributed by atoms with Gasteiger partial charge in [0.05, 0.1) is 0 Å². The highest BCUT2D eigenvalue weighted by atomic mass is 16.2. The maximum atomic E-state index is 11.6. The molecule has 1 aromatic heterocycles. The summed E-state index contributed by atoms with van der Waals surface area (Å²) in [6.45, 7) is 4.00. The number of aromatic nitrogens is 1. The zero-order valence-corrected chi connectivity index (χ0v) is 9.47. The van der Waals surface area contributed by atoms with Crippen LogP contribution in [0.15, 0.2) is 29.5 Å². The zero-order chi connectivity index (χ0) is 11.5. The molecule has 84 valence electrons. The molecule has 2 heterocycles. The van der Waals surface area contributed by atoms with Gasteiger partial charge in [0.1, 0.15) is 11.9 Å². The summed E-state index contributed by atoms with van der Waals surface area (Å²) >= 11 is 0. The van der Waals surface area contributed by atoms with Gasteiger partial charge in [-0.1, -0.05) is 19.9 Å². The van der Waals surface area contributed by atoms with Crippen LogP contribution >= 0.6 is 0 Å². The van der Waals surface area contributed by atoms with E-state index in [1.165, 1.54) is 0 Å². The van der Waals surface area contributed by atoms with Gasteiger partial charge in [-0.15, -0.1) is 0 Å². The maximum absolute atomic E-state index is 11.6. The predicted octanol–water partition coefficient (Wildman–Crippen LogP) is 1.18. The molecular formula is C12H15N3O. The molecule has 0 bridgehead atoms. The number of carbonyl (C=O) groups is 1. The Labute approximate surface area is 94.8 Å². The summed E-state index contributed by atoms with van der Waals surface area (Å²) in [5.74, 6) is 0.997. The van der Waals surface area contributed by atoms with Gasteiger partial charge in [0.25, 0.3) is 0 Å². The number of pyridine rings is 1. The van der Waals surface area contributed by atoms with Gasteiger partial charge in [0.15, 0.2) is 0 Å². The van der Waals surface area contributed by atoms with Crippen LogP contribution in [0.4, 0.5) is 0 Å². The largest absolute Gasteiger partial charge is 0.312 e. The molecule has 2 rings (SSSR count). The zero-order valence-electron chi connectivity index (χ0n) is 9.47. The Balaban J connectivity index is 2.08. The van der Waals surface area contributed by atoms with E-state index in [-0.39, 0.29) is 17.9 Å². The summed E-state index contributed by atoms with van der Waals surface area (Å²) in [5.41, 5.74) is 1.06. The second-order valence-corrected chi connectivity index (χ2v) is 4.29. The van der Waals surface area contributed by atoms with Crippen molar-refractivity contribution in [1.29, 1.82) is 0 Å². The fourth-order valence-electron chi connectivity index (χ4n) is 1.71. The van der Waals surface area contributed by atoms with Crippen LogP contribution in [0.5, 0.6) is 0 Å². The molecule has 1 atom stereocenters. The molecule has 1 aliphatic heterocycles. The van der Waals surface area contributed by atoms with E-state index in [2.05, 4.69) is 15.3 Å². The molecule has 0 aromatic carbocycles. The number of hydrogen-bond acceptors (Lipinski definition) is 3. The molecular weight excluding hydrogens is 202 g/mol. The minimum atomic E-state index is -0.230. The third-order valence-electron chi connectivity index (χ3n) is 2.56. The number of rotatable bonds is 3. The Hall–Kier alpha value is -1.71. The van der Waals surface area contributed by atoms with Crippen LogP contribution in [0.2, 0.25) is 0 Å². The average Bonchev–Trinajstić information content (AvgIpc) is 2.61. The highest BCUT2D eigenvalue weighted by Crippen LogP contribution is 2.12. The number of aliphatic imine (C=N–C) groups is 1. The van der Waals surface area contributed by atoms with E-state index in [0.29, 0.717) is 6.42 Å². The first-order chi connectivity index (χ1) is 7.66. The van der Waals surface area contributed by atoms with Crippen LogP contribution in [0.1, 0.15) is 19.4 Å². The summed E-state index contributed by atoms with van der Waals surface area (Å²) in [7, 11) is 0. The van der Waals surface area contributed by atoms with E-state index < -0.39 is 0 Å². The second-order valence-electron chi connectivity index (χ2n) is 4.29. The average molecular weight is 217 g/mol. The molecule has 1 unspecified atom stereocenters. The van der Waals surface area contributed by atoms with E-state index >= 15 is 0 Å². The Morgan fingerprint density at radius 3 is 2.88 bits per heavy atom. The molecule has 1 aliphatic rings.